The molecule has 0 amide bonds. The van der Waals surface area contributed by atoms with Gasteiger partial charge in [0.05, 0.1) is 11.5 Å². The van der Waals surface area contributed by atoms with Gasteiger partial charge in [0.1, 0.15) is 5.82 Å². The van der Waals surface area contributed by atoms with Gasteiger partial charge in [-0.05, 0) is 30.0 Å². The average Bonchev–Trinajstić information content (AvgIpc) is 2.39. The molecule has 1 aliphatic rings. The number of carboxylic acids is 1. The van der Waals surface area contributed by atoms with Crippen molar-refractivity contribution >= 4 is 5.97 Å². The normalized spacial score (nSPS) is 23.5. The van der Waals surface area contributed by atoms with Crippen LogP contribution in [0.1, 0.15) is 24.5 Å². The summed E-state index contributed by atoms with van der Waals surface area (Å²) in [5.41, 5.74) is -0.961. The van der Waals surface area contributed by atoms with E-state index in [4.69, 9.17) is 5.11 Å². The molecule has 22 heavy (non-hydrogen) atoms. The van der Waals surface area contributed by atoms with Gasteiger partial charge in [-0.15, -0.1) is 0 Å². The zero-order valence-electron chi connectivity index (χ0n) is 12.0. The van der Waals surface area contributed by atoms with Crippen LogP contribution in [0.2, 0.25) is 0 Å². The quantitative estimate of drug-likeness (QED) is 0.868. The van der Waals surface area contributed by atoms with Crippen molar-refractivity contribution in [3.05, 3.63) is 35.1 Å². The number of hydrogen-bond acceptors (Lipinski definition) is 2. The minimum atomic E-state index is -4.74. The predicted molar refractivity (Wildman–Crippen MR) is 71.6 cm³/mol. The number of halogens is 4. The highest BCUT2D eigenvalue weighted by Gasteiger charge is 2.35. The first-order chi connectivity index (χ1) is 10.2. The second-order valence-corrected chi connectivity index (χ2v) is 5.88. The highest BCUT2D eigenvalue weighted by atomic mass is 19.4. The average molecular weight is 319 g/mol. The maximum Gasteiger partial charge on any atom is 0.419 e. The van der Waals surface area contributed by atoms with Gasteiger partial charge in [0.25, 0.3) is 0 Å². The summed E-state index contributed by atoms with van der Waals surface area (Å²) in [6, 6.07) is 2.91. The van der Waals surface area contributed by atoms with E-state index in [1.807, 2.05) is 6.92 Å². The SMILES string of the molecule is CC1CC(C(=O)O)CN(Cc2ccc(F)c(C(F)(F)F)c2)C1. The van der Waals surface area contributed by atoms with Crippen LogP contribution >= 0.6 is 0 Å². The van der Waals surface area contributed by atoms with Crippen molar-refractivity contribution in [3.63, 3.8) is 0 Å². The molecule has 1 aliphatic heterocycles. The van der Waals surface area contributed by atoms with Crippen LogP contribution < -0.4 is 0 Å². The lowest BCUT2D eigenvalue weighted by Crippen LogP contribution is -2.42. The van der Waals surface area contributed by atoms with E-state index in [1.165, 1.54) is 6.07 Å². The Bertz CT molecular complexity index is 559. The number of benzene rings is 1. The van der Waals surface area contributed by atoms with Crippen molar-refractivity contribution in [1.29, 1.82) is 0 Å². The fourth-order valence-electron chi connectivity index (χ4n) is 2.92. The molecule has 3 nitrogen and oxygen atoms in total. The van der Waals surface area contributed by atoms with Crippen molar-refractivity contribution < 1.29 is 27.5 Å². The number of piperidine rings is 1. The van der Waals surface area contributed by atoms with E-state index in [1.54, 1.807) is 4.90 Å². The third kappa shape index (κ3) is 3.97. The number of hydrogen-bond donors (Lipinski definition) is 1. The highest BCUT2D eigenvalue weighted by Crippen LogP contribution is 2.32. The smallest absolute Gasteiger partial charge is 0.419 e. The van der Waals surface area contributed by atoms with Gasteiger partial charge < -0.3 is 5.11 Å². The third-order valence-corrected chi connectivity index (χ3v) is 3.83. The van der Waals surface area contributed by atoms with E-state index >= 15 is 0 Å². The van der Waals surface area contributed by atoms with Gasteiger partial charge >= 0.3 is 12.1 Å². The van der Waals surface area contributed by atoms with E-state index in [-0.39, 0.29) is 12.5 Å². The van der Waals surface area contributed by atoms with Crippen LogP contribution in [0.5, 0.6) is 0 Å². The molecule has 0 saturated carbocycles. The fraction of sp³-hybridized carbons (Fsp3) is 0.533. The van der Waals surface area contributed by atoms with Gasteiger partial charge in [0.2, 0.25) is 0 Å². The first kappa shape index (κ1) is 16.7. The molecule has 0 aromatic heterocycles. The van der Waals surface area contributed by atoms with Crippen molar-refractivity contribution in [2.45, 2.75) is 26.1 Å². The molecule has 1 aromatic rings. The molecule has 2 atom stereocenters. The Labute approximate surface area is 125 Å². The molecule has 1 fully saturated rings. The highest BCUT2D eigenvalue weighted by molar-refractivity contribution is 5.70. The number of carboxylic acid groups (broad SMARTS) is 1. The summed E-state index contributed by atoms with van der Waals surface area (Å²) in [6.45, 7) is 2.99. The molecular weight excluding hydrogens is 302 g/mol. The van der Waals surface area contributed by atoms with Crippen molar-refractivity contribution in [3.8, 4) is 0 Å². The number of nitrogens with zero attached hydrogens (tertiary/aromatic N) is 1. The lowest BCUT2D eigenvalue weighted by molar-refractivity contribution is -0.144. The molecule has 0 aliphatic carbocycles. The van der Waals surface area contributed by atoms with Crippen LogP contribution in [0, 0.1) is 17.7 Å². The Hall–Kier alpha value is -1.63. The summed E-state index contributed by atoms with van der Waals surface area (Å²) in [7, 11) is 0. The molecule has 0 radical (unpaired) electrons. The van der Waals surface area contributed by atoms with E-state index < -0.39 is 29.4 Å². The Morgan fingerprint density at radius 3 is 2.64 bits per heavy atom. The Morgan fingerprint density at radius 1 is 1.36 bits per heavy atom. The Kier molecular flexibility index (Phi) is 4.75. The second-order valence-electron chi connectivity index (χ2n) is 5.88. The van der Waals surface area contributed by atoms with Gasteiger partial charge in [-0.25, -0.2) is 4.39 Å². The van der Waals surface area contributed by atoms with E-state index in [2.05, 4.69) is 0 Å². The van der Waals surface area contributed by atoms with Crippen LogP contribution in [0.4, 0.5) is 17.6 Å². The lowest BCUT2D eigenvalue weighted by atomic mass is 9.90. The van der Waals surface area contributed by atoms with Crippen LogP contribution in [0.25, 0.3) is 0 Å². The van der Waals surface area contributed by atoms with Gasteiger partial charge in [-0.1, -0.05) is 13.0 Å². The number of rotatable bonds is 3. The van der Waals surface area contributed by atoms with Gasteiger partial charge in [0, 0.05) is 19.6 Å². The second kappa shape index (κ2) is 6.24. The number of aliphatic carboxylic acids is 1. The fourth-order valence-corrected chi connectivity index (χ4v) is 2.92. The molecule has 0 bridgehead atoms. The van der Waals surface area contributed by atoms with Gasteiger partial charge in [0.15, 0.2) is 0 Å². The zero-order valence-corrected chi connectivity index (χ0v) is 12.0. The third-order valence-electron chi connectivity index (χ3n) is 3.83. The zero-order chi connectivity index (χ0) is 16.5. The number of carbonyl (C=O) groups is 1. The number of likely N-dealkylation sites (tertiary alicyclic amines) is 1. The molecule has 0 spiro atoms. The van der Waals surface area contributed by atoms with Crippen LogP contribution in [0.15, 0.2) is 18.2 Å². The van der Waals surface area contributed by atoms with Crippen molar-refractivity contribution in [1.82, 2.24) is 4.90 Å². The first-order valence-electron chi connectivity index (χ1n) is 6.97. The topological polar surface area (TPSA) is 40.5 Å². The minimum Gasteiger partial charge on any atom is -0.481 e. The molecule has 1 aromatic carbocycles. The van der Waals surface area contributed by atoms with Crippen LogP contribution in [-0.4, -0.2) is 29.1 Å². The summed E-state index contributed by atoms with van der Waals surface area (Å²) >= 11 is 0. The predicted octanol–water partition coefficient (Wildman–Crippen LogP) is 3.39. The first-order valence-corrected chi connectivity index (χ1v) is 6.97. The van der Waals surface area contributed by atoms with Crippen LogP contribution in [0.3, 0.4) is 0 Å². The van der Waals surface area contributed by atoms with Crippen LogP contribution in [-0.2, 0) is 17.5 Å². The number of alkyl halides is 3. The minimum absolute atomic E-state index is 0.150. The Balaban J connectivity index is 2.15. The van der Waals surface area contributed by atoms with E-state index in [9.17, 15) is 22.4 Å². The molecule has 1 saturated heterocycles. The summed E-state index contributed by atoms with van der Waals surface area (Å²) in [6.07, 6.45) is -4.18. The van der Waals surface area contributed by atoms with Gasteiger partial charge in [-0.3, -0.25) is 9.69 Å². The maximum atomic E-state index is 13.3. The van der Waals surface area contributed by atoms with Crippen molar-refractivity contribution in [2.75, 3.05) is 13.1 Å². The molecule has 1 N–H and O–H groups in total. The Morgan fingerprint density at radius 2 is 2.05 bits per heavy atom. The largest absolute Gasteiger partial charge is 0.481 e. The van der Waals surface area contributed by atoms with Gasteiger partial charge in [-0.2, -0.15) is 13.2 Å². The summed E-state index contributed by atoms with van der Waals surface area (Å²) in [5.74, 6) is -2.57. The molecule has 7 heteroatoms. The molecule has 122 valence electrons. The summed E-state index contributed by atoms with van der Waals surface area (Å²) in [4.78, 5) is 12.9. The monoisotopic (exact) mass is 319 g/mol. The molecular formula is C15H17F4NO2. The molecule has 2 unspecified atom stereocenters. The molecule has 1 heterocycles. The standard InChI is InChI=1S/C15H17F4NO2/c1-9-4-11(14(21)22)8-20(6-9)7-10-2-3-13(16)12(5-10)15(17,18)19/h2-3,5,9,11H,4,6-8H2,1H3,(H,21,22). The van der Waals surface area contributed by atoms with Crippen molar-refractivity contribution in [2.24, 2.45) is 11.8 Å². The van der Waals surface area contributed by atoms with E-state index in [0.29, 0.717) is 25.1 Å². The summed E-state index contributed by atoms with van der Waals surface area (Å²) < 4.78 is 51.4. The lowest BCUT2D eigenvalue weighted by Gasteiger charge is -2.34. The maximum absolute atomic E-state index is 13.3. The van der Waals surface area contributed by atoms with E-state index in [0.717, 1.165) is 12.1 Å². The molecule has 2 rings (SSSR count). The summed E-state index contributed by atoms with van der Waals surface area (Å²) in [5, 5.41) is 9.10.